The van der Waals surface area contributed by atoms with Crippen LogP contribution in [0.5, 0.6) is 0 Å². The highest BCUT2D eigenvalue weighted by Crippen LogP contribution is 2.05. The first kappa shape index (κ1) is 12.3. The Bertz CT molecular complexity index is 270. The lowest BCUT2D eigenvalue weighted by Gasteiger charge is -2.10. The van der Waals surface area contributed by atoms with Crippen LogP contribution in [0.15, 0.2) is 16.5 Å². The summed E-state index contributed by atoms with van der Waals surface area (Å²) in [6, 6.07) is 4.31. The molecule has 0 bridgehead atoms. The molecule has 0 aliphatic rings. The van der Waals surface area contributed by atoms with Gasteiger partial charge in [0, 0.05) is 25.6 Å². The summed E-state index contributed by atoms with van der Waals surface area (Å²) in [6.45, 7) is 5.96. The van der Waals surface area contributed by atoms with Gasteiger partial charge in [0.2, 0.25) is 0 Å². The van der Waals surface area contributed by atoms with Crippen molar-refractivity contribution in [3.05, 3.63) is 23.7 Å². The molecule has 86 valence electrons. The van der Waals surface area contributed by atoms with Crippen molar-refractivity contribution in [3.63, 3.8) is 0 Å². The fourth-order valence-electron chi connectivity index (χ4n) is 1.59. The van der Waals surface area contributed by atoms with Gasteiger partial charge < -0.3 is 15.5 Å². The van der Waals surface area contributed by atoms with Crippen LogP contribution >= 0.6 is 0 Å². The topological polar surface area (TPSA) is 51.2 Å². The van der Waals surface area contributed by atoms with Crippen molar-refractivity contribution >= 4 is 0 Å². The van der Waals surface area contributed by atoms with Gasteiger partial charge in [-0.3, -0.25) is 0 Å². The molecular weight excluding hydrogens is 188 g/mol. The number of aryl methyl sites for hydroxylation is 1. The summed E-state index contributed by atoms with van der Waals surface area (Å²) in [5.74, 6) is 2.02. The van der Waals surface area contributed by atoms with Crippen LogP contribution in [-0.2, 0) is 6.42 Å². The van der Waals surface area contributed by atoms with Gasteiger partial charge in [-0.2, -0.15) is 0 Å². The lowest BCUT2D eigenvalue weighted by molar-refractivity contribution is 0.468. The fourth-order valence-corrected chi connectivity index (χ4v) is 1.59. The zero-order valence-electron chi connectivity index (χ0n) is 9.75. The molecule has 0 fully saturated rings. The minimum Gasteiger partial charge on any atom is -0.466 e. The lowest BCUT2D eigenvalue weighted by atomic mass is 10.2. The van der Waals surface area contributed by atoms with Gasteiger partial charge in [0.05, 0.1) is 0 Å². The summed E-state index contributed by atoms with van der Waals surface area (Å²) in [4.78, 5) is 0. The van der Waals surface area contributed by atoms with Crippen LogP contribution in [0.3, 0.4) is 0 Å². The van der Waals surface area contributed by atoms with E-state index in [-0.39, 0.29) is 6.04 Å². The van der Waals surface area contributed by atoms with Gasteiger partial charge in [0.1, 0.15) is 11.5 Å². The average molecular weight is 210 g/mol. The quantitative estimate of drug-likeness (QED) is 0.675. The smallest absolute Gasteiger partial charge is 0.105 e. The predicted molar refractivity (Wildman–Crippen MR) is 62.9 cm³/mol. The Morgan fingerprint density at radius 3 is 2.87 bits per heavy atom. The Morgan fingerprint density at radius 1 is 1.47 bits per heavy atom. The van der Waals surface area contributed by atoms with Crippen molar-refractivity contribution in [3.8, 4) is 0 Å². The monoisotopic (exact) mass is 210 g/mol. The molecule has 0 amide bonds. The Kier molecular flexibility index (Phi) is 5.43. The molecule has 3 nitrogen and oxygen atoms in total. The van der Waals surface area contributed by atoms with Crippen LogP contribution in [0.1, 0.15) is 31.3 Å². The molecule has 1 aromatic heterocycles. The van der Waals surface area contributed by atoms with Crippen molar-refractivity contribution in [1.29, 1.82) is 0 Å². The predicted octanol–water partition coefficient (Wildman–Crippen LogP) is 1.85. The van der Waals surface area contributed by atoms with Gasteiger partial charge >= 0.3 is 0 Å². The Morgan fingerprint density at radius 2 is 2.27 bits per heavy atom. The number of hydrogen-bond acceptors (Lipinski definition) is 3. The van der Waals surface area contributed by atoms with E-state index in [4.69, 9.17) is 10.2 Å². The largest absolute Gasteiger partial charge is 0.466 e. The van der Waals surface area contributed by atoms with Gasteiger partial charge in [0.15, 0.2) is 0 Å². The van der Waals surface area contributed by atoms with Gasteiger partial charge in [-0.15, -0.1) is 0 Å². The third-order valence-corrected chi connectivity index (χ3v) is 2.41. The molecular formula is C12H22N2O. The zero-order valence-corrected chi connectivity index (χ0v) is 9.75. The molecule has 0 unspecified atom stereocenters. The summed E-state index contributed by atoms with van der Waals surface area (Å²) in [5.41, 5.74) is 5.88. The fraction of sp³-hybridized carbons (Fsp3) is 0.667. The second kappa shape index (κ2) is 6.64. The van der Waals surface area contributed by atoms with E-state index < -0.39 is 0 Å². The van der Waals surface area contributed by atoms with Crippen molar-refractivity contribution in [2.75, 3.05) is 13.1 Å². The number of rotatable bonds is 7. The highest BCUT2D eigenvalue weighted by Gasteiger charge is 2.01. The Hall–Kier alpha value is -0.800. The van der Waals surface area contributed by atoms with E-state index in [1.165, 1.54) is 0 Å². The van der Waals surface area contributed by atoms with E-state index in [1.807, 2.05) is 19.1 Å². The van der Waals surface area contributed by atoms with Gasteiger partial charge in [0.25, 0.3) is 0 Å². The van der Waals surface area contributed by atoms with Crippen molar-refractivity contribution < 1.29 is 4.42 Å². The SMILES string of the molecule is CCC[C@H](N)CNCCc1ccc(C)o1. The van der Waals surface area contributed by atoms with E-state index in [0.717, 1.165) is 43.9 Å². The van der Waals surface area contributed by atoms with Gasteiger partial charge in [-0.05, 0) is 25.5 Å². The minimum absolute atomic E-state index is 0.285. The number of furan rings is 1. The maximum absolute atomic E-state index is 5.88. The first-order chi connectivity index (χ1) is 7.22. The van der Waals surface area contributed by atoms with Crippen LogP contribution in [0.4, 0.5) is 0 Å². The number of nitrogens with two attached hydrogens (primary N) is 1. The van der Waals surface area contributed by atoms with E-state index in [1.54, 1.807) is 0 Å². The van der Waals surface area contributed by atoms with E-state index in [0.29, 0.717) is 0 Å². The molecule has 3 N–H and O–H groups in total. The van der Waals surface area contributed by atoms with Crippen molar-refractivity contribution in [2.24, 2.45) is 5.73 Å². The molecule has 1 heterocycles. The normalized spacial score (nSPS) is 13.0. The molecule has 0 aromatic carbocycles. The molecule has 15 heavy (non-hydrogen) atoms. The maximum Gasteiger partial charge on any atom is 0.105 e. The van der Waals surface area contributed by atoms with E-state index in [9.17, 15) is 0 Å². The van der Waals surface area contributed by atoms with Crippen molar-refractivity contribution in [2.45, 2.75) is 39.2 Å². The third kappa shape index (κ3) is 5.00. The van der Waals surface area contributed by atoms with Crippen LogP contribution in [0.2, 0.25) is 0 Å². The highest BCUT2D eigenvalue weighted by molar-refractivity contribution is 5.05. The molecule has 0 saturated heterocycles. The molecule has 0 radical (unpaired) electrons. The molecule has 0 saturated carbocycles. The second-order valence-electron chi connectivity index (χ2n) is 4.02. The molecule has 1 rings (SSSR count). The molecule has 3 heteroatoms. The Labute approximate surface area is 92.0 Å². The summed E-state index contributed by atoms with van der Waals surface area (Å²) in [6.07, 6.45) is 3.18. The number of hydrogen-bond donors (Lipinski definition) is 2. The first-order valence-electron chi connectivity index (χ1n) is 5.74. The second-order valence-corrected chi connectivity index (χ2v) is 4.02. The average Bonchev–Trinajstić information content (AvgIpc) is 2.60. The molecule has 0 spiro atoms. The molecule has 1 atom stereocenters. The standard InChI is InChI=1S/C12H22N2O/c1-3-4-11(13)9-14-8-7-12-6-5-10(2)15-12/h5-6,11,14H,3-4,7-9,13H2,1-2H3/t11-/m0/s1. The van der Waals surface area contributed by atoms with E-state index in [2.05, 4.69) is 12.2 Å². The highest BCUT2D eigenvalue weighted by atomic mass is 16.3. The zero-order chi connectivity index (χ0) is 11.1. The van der Waals surface area contributed by atoms with Gasteiger partial charge in [-0.1, -0.05) is 13.3 Å². The van der Waals surface area contributed by atoms with Crippen LogP contribution in [0.25, 0.3) is 0 Å². The third-order valence-electron chi connectivity index (χ3n) is 2.41. The summed E-state index contributed by atoms with van der Waals surface area (Å²) in [7, 11) is 0. The Balaban J connectivity index is 2.06. The van der Waals surface area contributed by atoms with Crippen molar-refractivity contribution in [1.82, 2.24) is 5.32 Å². The molecule has 1 aromatic rings. The summed E-state index contributed by atoms with van der Waals surface area (Å²) >= 11 is 0. The lowest BCUT2D eigenvalue weighted by Crippen LogP contribution is -2.34. The van der Waals surface area contributed by atoms with Crippen LogP contribution in [0, 0.1) is 6.92 Å². The van der Waals surface area contributed by atoms with Crippen LogP contribution < -0.4 is 11.1 Å². The number of nitrogens with one attached hydrogen (secondary N) is 1. The molecule has 0 aliphatic carbocycles. The van der Waals surface area contributed by atoms with Gasteiger partial charge in [-0.25, -0.2) is 0 Å². The van der Waals surface area contributed by atoms with E-state index >= 15 is 0 Å². The maximum atomic E-state index is 5.88. The van der Waals surface area contributed by atoms with Crippen LogP contribution in [-0.4, -0.2) is 19.1 Å². The summed E-state index contributed by atoms with van der Waals surface area (Å²) in [5, 5.41) is 3.34. The molecule has 0 aliphatic heterocycles. The minimum atomic E-state index is 0.285. The summed E-state index contributed by atoms with van der Waals surface area (Å²) < 4.78 is 5.47. The first-order valence-corrected chi connectivity index (χ1v) is 5.74.